The molecule has 1 aliphatic heterocycles. The zero-order chi connectivity index (χ0) is 15.7. The van der Waals surface area contributed by atoms with Gasteiger partial charge in [0.2, 0.25) is 0 Å². The summed E-state index contributed by atoms with van der Waals surface area (Å²) in [6, 6.07) is 6.84. The lowest BCUT2D eigenvalue weighted by Crippen LogP contribution is -2.41. The molecular formula is C16H16N2O4. The molecule has 2 amide bonds. The summed E-state index contributed by atoms with van der Waals surface area (Å²) in [6.45, 7) is 4.09. The highest BCUT2D eigenvalue weighted by Crippen LogP contribution is 2.25. The number of ether oxygens (including phenoxy) is 1. The summed E-state index contributed by atoms with van der Waals surface area (Å²) in [4.78, 5) is 24.1. The molecule has 0 fully saturated rings. The Morgan fingerprint density at radius 1 is 1.09 bits per heavy atom. The first-order valence-corrected chi connectivity index (χ1v) is 6.98. The highest BCUT2D eigenvalue weighted by molar-refractivity contribution is 5.99. The molecule has 0 saturated carbocycles. The van der Waals surface area contributed by atoms with Crippen molar-refractivity contribution in [1.82, 2.24) is 10.9 Å². The summed E-state index contributed by atoms with van der Waals surface area (Å²) < 4.78 is 10.7. The molecule has 0 radical (unpaired) electrons. The van der Waals surface area contributed by atoms with Gasteiger partial charge < -0.3 is 9.15 Å². The molecule has 2 heterocycles. The van der Waals surface area contributed by atoms with E-state index in [4.69, 9.17) is 9.15 Å². The number of hydrazine groups is 1. The fourth-order valence-corrected chi connectivity index (χ4v) is 2.44. The van der Waals surface area contributed by atoms with Crippen LogP contribution in [0.3, 0.4) is 0 Å². The van der Waals surface area contributed by atoms with Gasteiger partial charge in [-0.05, 0) is 43.7 Å². The number of nitrogens with one attached hydrogen (secondary N) is 2. The van der Waals surface area contributed by atoms with Gasteiger partial charge in [-0.2, -0.15) is 0 Å². The Kier molecular flexibility index (Phi) is 3.58. The van der Waals surface area contributed by atoms with Crippen LogP contribution in [-0.2, 0) is 6.42 Å². The molecule has 6 nitrogen and oxygen atoms in total. The van der Waals surface area contributed by atoms with Crippen LogP contribution in [0.15, 0.2) is 28.7 Å². The fraction of sp³-hybridized carbons (Fsp3) is 0.250. The Morgan fingerprint density at radius 3 is 2.59 bits per heavy atom. The van der Waals surface area contributed by atoms with Crippen molar-refractivity contribution >= 4 is 11.8 Å². The standard InChI is InChI=1S/C16H16N2O4/c1-9-7-13(10(2)22-9)16(20)18-17-15(19)12-3-4-14-11(8-12)5-6-21-14/h3-4,7-8H,5-6H2,1-2H3,(H,17,19)(H,18,20). The van der Waals surface area contributed by atoms with Crippen LogP contribution in [0.1, 0.15) is 37.8 Å². The summed E-state index contributed by atoms with van der Waals surface area (Å²) in [7, 11) is 0. The molecular weight excluding hydrogens is 284 g/mol. The first kappa shape index (κ1) is 14.2. The zero-order valence-corrected chi connectivity index (χ0v) is 12.4. The molecule has 1 aromatic heterocycles. The van der Waals surface area contributed by atoms with Gasteiger partial charge in [-0.1, -0.05) is 0 Å². The molecule has 2 aromatic rings. The van der Waals surface area contributed by atoms with E-state index in [1.54, 1.807) is 38.1 Å². The molecule has 3 rings (SSSR count). The van der Waals surface area contributed by atoms with Gasteiger partial charge in [0.15, 0.2) is 0 Å². The Hall–Kier alpha value is -2.76. The molecule has 0 saturated heterocycles. The quantitative estimate of drug-likeness (QED) is 0.830. The lowest BCUT2D eigenvalue weighted by atomic mass is 10.1. The van der Waals surface area contributed by atoms with E-state index in [9.17, 15) is 9.59 Å². The minimum Gasteiger partial charge on any atom is -0.493 e. The molecule has 114 valence electrons. The first-order valence-electron chi connectivity index (χ1n) is 6.98. The van der Waals surface area contributed by atoms with E-state index in [2.05, 4.69) is 10.9 Å². The van der Waals surface area contributed by atoms with Crippen LogP contribution in [0.2, 0.25) is 0 Å². The zero-order valence-electron chi connectivity index (χ0n) is 12.4. The molecule has 0 spiro atoms. The maximum Gasteiger partial charge on any atom is 0.273 e. The van der Waals surface area contributed by atoms with E-state index in [0.717, 1.165) is 17.7 Å². The lowest BCUT2D eigenvalue weighted by molar-refractivity contribution is 0.0845. The van der Waals surface area contributed by atoms with E-state index in [1.165, 1.54) is 0 Å². The van der Waals surface area contributed by atoms with Gasteiger partial charge in [0.05, 0.1) is 12.2 Å². The third-order valence-electron chi connectivity index (χ3n) is 3.53. The highest BCUT2D eigenvalue weighted by Gasteiger charge is 2.17. The summed E-state index contributed by atoms with van der Waals surface area (Å²) >= 11 is 0. The van der Waals surface area contributed by atoms with Crippen LogP contribution in [0.25, 0.3) is 0 Å². The van der Waals surface area contributed by atoms with Crippen molar-refractivity contribution in [2.24, 2.45) is 0 Å². The SMILES string of the molecule is Cc1cc(C(=O)NNC(=O)c2ccc3c(c2)CCO3)c(C)o1. The number of furan rings is 1. The number of hydrogen-bond acceptors (Lipinski definition) is 4. The summed E-state index contributed by atoms with van der Waals surface area (Å²) in [5.41, 5.74) is 6.67. The average molecular weight is 300 g/mol. The maximum absolute atomic E-state index is 12.1. The predicted molar refractivity (Wildman–Crippen MR) is 78.8 cm³/mol. The largest absolute Gasteiger partial charge is 0.493 e. The molecule has 0 unspecified atom stereocenters. The topological polar surface area (TPSA) is 80.6 Å². The van der Waals surface area contributed by atoms with Crippen molar-refractivity contribution in [3.63, 3.8) is 0 Å². The highest BCUT2D eigenvalue weighted by atomic mass is 16.5. The molecule has 1 aromatic carbocycles. The number of rotatable bonds is 2. The molecule has 0 aliphatic carbocycles. The fourth-order valence-electron chi connectivity index (χ4n) is 2.44. The van der Waals surface area contributed by atoms with E-state index in [0.29, 0.717) is 29.3 Å². The Bertz CT molecular complexity index is 749. The van der Waals surface area contributed by atoms with Gasteiger partial charge in [0, 0.05) is 12.0 Å². The minimum absolute atomic E-state index is 0.374. The second kappa shape index (κ2) is 5.55. The second-order valence-electron chi connectivity index (χ2n) is 5.16. The van der Waals surface area contributed by atoms with Crippen molar-refractivity contribution in [1.29, 1.82) is 0 Å². The third kappa shape index (κ3) is 2.67. The summed E-state index contributed by atoms with van der Waals surface area (Å²) in [5, 5.41) is 0. The number of carbonyl (C=O) groups is 2. The normalized spacial score (nSPS) is 12.5. The molecule has 6 heteroatoms. The van der Waals surface area contributed by atoms with Gasteiger partial charge in [-0.15, -0.1) is 0 Å². The smallest absolute Gasteiger partial charge is 0.273 e. The van der Waals surface area contributed by atoms with Crippen LogP contribution in [-0.4, -0.2) is 18.4 Å². The Labute approximate surface area is 127 Å². The third-order valence-corrected chi connectivity index (χ3v) is 3.53. The van der Waals surface area contributed by atoms with E-state index >= 15 is 0 Å². The molecule has 0 atom stereocenters. The Morgan fingerprint density at radius 2 is 1.86 bits per heavy atom. The van der Waals surface area contributed by atoms with Crippen molar-refractivity contribution in [2.75, 3.05) is 6.61 Å². The van der Waals surface area contributed by atoms with Crippen LogP contribution in [0.5, 0.6) is 5.75 Å². The van der Waals surface area contributed by atoms with Crippen LogP contribution < -0.4 is 15.6 Å². The van der Waals surface area contributed by atoms with Crippen molar-refractivity contribution < 1.29 is 18.7 Å². The van der Waals surface area contributed by atoms with E-state index in [1.807, 2.05) is 0 Å². The van der Waals surface area contributed by atoms with Crippen molar-refractivity contribution in [2.45, 2.75) is 20.3 Å². The van der Waals surface area contributed by atoms with Gasteiger partial charge >= 0.3 is 0 Å². The number of fused-ring (bicyclic) bond motifs is 1. The second-order valence-corrected chi connectivity index (χ2v) is 5.16. The first-order chi connectivity index (χ1) is 10.5. The number of benzene rings is 1. The minimum atomic E-state index is -0.410. The van der Waals surface area contributed by atoms with E-state index < -0.39 is 5.91 Å². The van der Waals surface area contributed by atoms with Crippen LogP contribution in [0, 0.1) is 13.8 Å². The van der Waals surface area contributed by atoms with Crippen molar-refractivity contribution in [3.8, 4) is 5.75 Å². The molecule has 1 aliphatic rings. The lowest BCUT2D eigenvalue weighted by Gasteiger charge is -2.07. The average Bonchev–Trinajstić information content (AvgIpc) is 3.09. The number of carbonyl (C=O) groups excluding carboxylic acids is 2. The maximum atomic E-state index is 12.1. The van der Waals surface area contributed by atoms with Crippen LogP contribution in [0.4, 0.5) is 0 Å². The van der Waals surface area contributed by atoms with Gasteiger partial charge in [-0.3, -0.25) is 20.4 Å². The molecule has 0 bridgehead atoms. The van der Waals surface area contributed by atoms with Gasteiger partial charge in [0.25, 0.3) is 11.8 Å². The molecule has 2 N–H and O–H groups in total. The number of aryl methyl sites for hydroxylation is 2. The monoisotopic (exact) mass is 300 g/mol. The number of amides is 2. The summed E-state index contributed by atoms with van der Waals surface area (Å²) in [6.07, 6.45) is 0.788. The van der Waals surface area contributed by atoms with E-state index in [-0.39, 0.29) is 5.91 Å². The predicted octanol–water partition coefficient (Wildman–Crippen LogP) is 1.91. The van der Waals surface area contributed by atoms with Crippen LogP contribution >= 0.6 is 0 Å². The summed E-state index contributed by atoms with van der Waals surface area (Å²) in [5.74, 6) is 1.18. The van der Waals surface area contributed by atoms with Gasteiger partial charge in [0.1, 0.15) is 17.3 Å². The number of hydrogen-bond donors (Lipinski definition) is 2. The Balaban J connectivity index is 1.65. The molecule has 22 heavy (non-hydrogen) atoms. The van der Waals surface area contributed by atoms with Gasteiger partial charge in [-0.25, -0.2) is 0 Å². The van der Waals surface area contributed by atoms with Crippen molar-refractivity contribution in [3.05, 3.63) is 52.5 Å².